The predicted molar refractivity (Wildman–Crippen MR) is 113 cm³/mol. The molecule has 35 heavy (non-hydrogen) atoms. The van der Waals surface area contributed by atoms with E-state index in [0.717, 1.165) is 18.2 Å². The van der Waals surface area contributed by atoms with Crippen LogP contribution in [-0.4, -0.2) is 45.0 Å². The van der Waals surface area contributed by atoms with Crippen molar-refractivity contribution < 1.29 is 37.3 Å². The van der Waals surface area contributed by atoms with Gasteiger partial charge in [-0.25, -0.2) is 27.3 Å². The molecule has 0 saturated heterocycles. The molecule has 14 heteroatoms. The van der Waals surface area contributed by atoms with Crippen LogP contribution in [0.1, 0.15) is 16.1 Å². The first-order chi connectivity index (χ1) is 16.7. The Morgan fingerprint density at radius 3 is 2.43 bits per heavy atom. The highest BCUT2D eigenvalue weighted by Crippen LogP contribution is 2.33. The van der Waals surface area contributed by atoms with E-state index in [-0.39, 0.29) is 28.5 Å². The van der Waals surface area contributed by atoms with E-state index in [1.54, 1.807) is 0 Å². The third-order valence-electron chi connectivity index (χ3n) is 5.04. The van der Waals surface area contributed by atoms with Crippen LogP contribution in [0.15, 0.2) is 33.9 Å². The molecule has 2 heterocycles. The molecule has 0 aliphatic rings. The van der Waals surface area contributed by atoms with E-state index in [1.165, 1.54) is 20.3 Å². The molecule has 0 unspecified atom stereocenters. The second-order valence-corrected chi connectivity index (χ2v) is 6.98. The molecule has 4 aromatic rings. The van der Waals surface area contributed by atoms with Gasteiger partial charge in [0.25, 0.3) is 5.56 Å². The molecule has 0 spiro atoms. The first-order valence-corrected chi connectivity index (χ1v) is 9.66. The molecule has 11 nitrogen and oxygen atoms in total. The highest BCUT2D eigenvalue weighted by atomic mass is 19.2. The third-order valence-corrected chi connectivity index (χ3v) is 5.04. The topological polar surface area (TPSA) is 149 Å². The molecule has 2 aromatic carbocycles. The van der Waals surface area contributed by atoms with Crippen LogP contribution >= 0.6 is 0 Å². The van der Waals surface area contributed by atoms with Crippen LogP contribution in [0.5, 0.6) is 17.2 Å². The molecular weight excluding hydrogens is 477 g/mol. The summed E-state index contributed by atoms with van der Waals surface area (Å²) in [4.78, 5) is 39.1. The van der Waals surface area contributed by atoms with Gasteiger partial charge in [-0.15, -0.1) is 0 Å². The monoisotopic (exact) mass is 492 g/mol. The number of carbonyl (C=O) groups is 1. The fourth-order valence-corrected chi connectivity index (χ4v) is 3.40. The number of hydrogen-bond acceptors (Lipinski definition) is 7. The van der Waals surface area contributed by atoms with Crippen molar-refractivity contribution in [3.05, 3.63) is 73.8 Å². The maximum Gasteiger partial charge on any atom is 0.357 e. The number of ether oxygens (including phenoxy) is 3. The average Bonchev–Trinajstić information content (AvgIpc) is 3.25. The fraction of sp³-hybridized carbons (Fsp3) is 0.143. The van der Waals surface area contributed by atoms with Gasteiger partial charge >= 0.3 is 11.7 Å². The minimum Gasteiger partial charge on any atom is -0.496 e. The van der Waals surface area contributed by atoms with E-state index in [2.05, 4.69) is 15.2 Å². The van der Waals surface area contributed by atoms with Gasteiger partial charge in [-0.05, 0) is 12.1 Å². The molecule has 0 fully saturated rings. The molecule has 3 N–H and O–H groups in total. The van der Waals surface area contributed by atoms with Crippen molar-refractivity contribution in [3.8, 4) is 22.9 Å². The van der Waals surface area contributed by atoms with Gasteiger partial charge in [0.15, 0.2) is 34.6 Å². The van der Waals surface area contributed by atoms with E-state index in [1.807, 2.05) is 0 Å². The molecule has 0 bridgehead atoms. The highest BCUT2D eigenvalue weighted by molar-refractivity contribution is 5.99. The number of fused-ring (bicyclic) bond motifs is 1. The van der Waals surface area contributed by atoms with Crippen molar-refractivity contribution in [2.75, 3.05) is 14.2 Å². The molecule has 0 aliphatic heterocycles. The Labute approximate surface area is 192 Å². The number of H-pyrrole nitrogens is 2. The average molecular weight is 492 g/mol. The lowest BCUT2D eigenvalue weighted by molar-refractivity contribution is 0.0692. The number of methoxy groups -OCH3 is 2. The van der Waals surface area contributed by atoms with Crippen molar-refractivity contribution in [2.45, 2.75) is 6.61 Å². The number of carboxylic acid groups (broad SMARTS) is 1. The standard InChI is InChI=1S/C21H15F3N4O7/c1-33-12-4-3-9(22)16(24)8(12)7-35-14-6-11(10(23)5-13(14)34-2)28-19(29)15-17(20(30)31)26-27-18(15)25-21(28)32/h3-6H,7H2,1-2H3,(H,30,31)(H2,25,26,27,32). The third kappa shape index (κ3) is 3.94. The zero-order valence-corrected chi connectivity index (χ0v) is 17.9. The Morgan fingerprint density at radius 2 is 1.77 bits per heavy atom. The summed E-state index contributed by atoms with van der Waals surface area (Å²) in [6, 6.07) is 3.77. The van der Waals surface area contributed by atoms with Crippen molar-refractivity contribution in [1.82, 2.24) is 19.7 Å². The van der Waals surface area contributed by atoms with Gasteiger partial charge in [-0.3, -0.25) is 14.9 Å². The Bertz CT molecular complexity index is 1590. The largest absolute Gasteiger partial charge is 0.496 e. The summed E-state index contributed by atoms with van der Waals surface area (Å²) in [7, 11) is 2.42. The molecule has 0 radical (unpaired) electrons. The lowest BCUT2D eigenvalue weighted by Gasteiger charge is -2.15. The van der Waals surface area contributed by atoms with Crippen molar-refractivity contribution in [1.29, 1.82) is 0 Å². The zero-order chi connectivity index (χ0) is 25.4. The summed E-state index contributed by atoms with van der Waals surface area (Å²) < 4.78 is 58.8. The van der Waals surface area contributed by atoms with E-state index in [4.69, 9.17) is 14.2 Å². The second kappa shape index (κ2) is 8.89. The Kier molecular flexibility index (Phi) is 5.94. The number of carboxylic acids is 1. The number of rotatable bonds is 7. The van der Waals surface area contributed by atoms with Crippen LogP contribution < -0.4 is 25.5 Å². The summed E-state index contributed by atoms with van der Waals surface area (Å²) in [6.07, 6.45) is 0. The summed E-state index contributed by atoms with van der Waals surface area (Å²) in [6.45, 7) is -0.594. The minimum atomic E-state index is -1.56. The van der Waals surface area contributed by atoms with Gasteiger partial charge in [0.05, 0.1) is 25.5 Å². The van der Waals surface area contributed by atoms with Crippen LogP contribution in [0, 0.1) is 17.5 Å². The first-order valence-electron chi connectivity index (χ1n) is 9.66. The summed E-state index contributed by atoms with van der Waals surface area (Å²) >= 11 is 0. The number of aromatic carboxylic acids is 1. The molecule has 0 aliphatic carbocycles. The fourth-order valence-electron chi connectivity index (χ4n) is 3.40. The Hall–Kier alpha value is -4.75. The van der Waals surface area contributed by atoms with Crippen molar-refractivity contribution >= 4 is 17.0 Å². The SMILES string of the molecule is COc1cc(F)c(-n2c(=O)[nH]c3[nH]nc(C(=O)O)c3c2=O)cc1OCc1c(OC)ccc(F)c1F. The molecule has 0 atom stereocenters. The van der Waals surface area contributed by atoms with E-state index < -0.39 is 58.0 Å². The number of halogens is 3. The van der Waals surface area contributed by atoms with Crippen molar-refractivity contribution in [3.63, 3.8) is 0 Å². The summed E-state index contributed by atoms with van der Waals surface area (Å²) in [5.74, 6) is -5.51. The van der Waals surface area contributed by atoms with Crippen LogP contribution in [0.25, 0.3) is 16.7 Å². The number of hydrogen-bond donors (Lipinski definition) is 3. The van der Waals surface area contributed by atoms with Crippen LogP contribution in [0.2, 0.25) is 0 Å². The molecule has 4 rings (SSSR count). The van der Waals surface area contributed by atoms with Crippen LogP contribution in [0.3, 0.4) is 0 Å². The maximum absolute atomic E-state index is 14.9. The molecular formula is C21H15F3N4O7. The smallest absolute Gasteiger partial charge is 0.357 e. The highest BCUT2D eigenvalue weighted by Gasteiger charge is 2.23. The number of nitrogens with one attached hydrogen (secondary N) is 2. The van der Waals surface area contributed by atoms with E-state index >= 15 is 0 Å². The van der Waals surface area contributed by atoms with Gasteiger partial charge in [0.2, 0.25) is 0 Å². The number of nitrogens with zero attached hydrogens (tertiary/aromatic N) is 2. The Balaban J connectivity index is 1.86. The normalized spacial score (nSPS) is 11.0. The number of aromatic amines is 2. The Morgan fingerprint density at radius 1 is 1.06 bits per heavy atom. The summed E-state index contributed by atoms with van der Waals surface area (Å²) in [5, 5.41) is 14.4. The van der Waals surface area contributed by atoms with Gasteiger partial charge in [0.1, 0.15) is 23.4 Å². The first kappa shape index (κ1) is 23.4. The second-order valence-electron chi connectivity index (χ2n) is 6.98. The zero-order valence-electron chi connectivity index (χ0n) is 17.9. The summed E-state index contributed by atoms with van der Waals surface area (Å²) in [5.41, 5.74) is -4.17. The number of aromatic nitrogens is 4. The van der Waals surface area contributed by atoms with Crippen LogP contribution in [0.4, 0.5) is 13.2 Å². The maximum atomic E-state index is 14.9. The van der Waals surface area contributed by atoms with Crippen LogP contribution in [-0.2, 0) is 6.61 Å². The lowest BCUT2D eigenvalue weighted by atomic mass is 10.2. The predicted octanol–water partition coefficient (Wildman–Crippen LogP) is 2.11. The van der Waals surface area contributed by atoms with E-state index in [9.17, 15) is 32.7 Å². The van der Waals surface area contributed by atoms with Crippen molar-refractivity contribution in [2.24, 2.45) is 0 Å². The molecule has 0 amide bonds. The quantitative estimate of drug-likeness (QED) is 0.355. The number of benzene rings is 2. The minimum absolute atomic E-state index is 0.0236. The van der Waals surface area contributed by atoms with Gasteiger partial charge in [-0.2, -0.15) is 5.10 Å². The molecule has 2 aromatic heterocycles. The van der Waals surface area contributed by atoms with E-state index in [0.29, 0.717) is 4.57 Å². The molecule has 0 saturated carbocycles. The lowest BCUT2D eigenvalue weighted by Crippen LogP contribution is -2.34. The van der Waals surface area contributed by atoms with Gasteiger partial charge in [0, 0.05) is 12.1 Å². The van der Waals surface area contributed by atoms with Gasteiger partial charge in [-0.1, -0.05) is 0 Å². The molecule has 182 valence electrons. The van der Waals surface area contributed by atoms with Gasteiger partial charge < -0.3 is 19.3 Å².